The minimum atomic E-state index is -3.62. The summed E-state index contributed by atoms with van der Waals surface area (Å²) in [6.07, 6.45) is 2.27. The molecule has 2 rings (SSSR count). The van der Waals surface area contributed by atoms with E-state index < -0.39 is 10.0 Å². The van der Waals surface area contributed by atoms with Crippen molar-refractivity contribution in [3.63, 3.8) is 0 Å². The highest BCUT2D eigenvalue weighted by Gasteiger charge is 2.22. The average molecular weight is 255 g/mol. The van der Waals surface area contributed by atoms with Crippen LogP contribution in [0.25, 0.3) is 0 Å². The lowest BCUT2D eigenvalue weighted by molar-refractivity contribution is -0.149. The summed E-state index contributed by atoms with van der Waals surface area (Å²) in [4.78, 5) is 7.59. The second-order valence-electron chi connectivity index (χ2n) is 3.39. The molecular weight excluding hydrogens is 242 g/mol. The lowest BCUT2D eigenvalue weighted by Gasteiger charge is -2.16. The molecule has 6 nitrogen and oxygen atoms in total. The van der Waals surface area contributed by atoms with Crippen LogP contribution < -0.4 is 10.3 Å². The van der Waals surface area contributed by atoms with Crippen LogP contribution in [0.15, 0.2) is 47.2 Å². The Kier molecular flexibility index (Phi) is 3.32. The standard InChI is InChI=1S/C10H13N3O3S/c1-2-9-8-11-13(16-9)12-17(14,15)10-6-4-3-5-7-10/h3-8,11-12H,2H2,1H3. The molecule has 7 heteroatoms. The molecule has 1 aliphatic heterocycles. The van der Waals surface area contributed by atoms with Crippen LogP contribution in [0.1, 0.15) is 13.3 Å². The smallest absolute Gasteiger partial charge is 0.257 e. The van der Waals surface area contributed by atoms with Crippen molar-refractivity contribution < 1.29 is 13.3 Å². The van der Waals surface area contributed by atoms with Crippen LogP contribution in [0.5, 0.6) is 0 Å². The highest BCUT2D eigenvalue weighted by atomic mass is 32.2. The van der Waals surface area contributed by atoms with Gasteiger partial charge in [0, 0.05) is 11.7 Å². The van der Waals surface area contributed by atoms with Crippen LogP contribution >= 0.6 is 0 Å². The van der Waals surface area contributed by atoms with E-state index in [-0.39, 0.29) is 4.90 Å². The van der Waals surface area contributed by atoms with Gasteiger partial charge in [-0.1, -0.05) is 30.0 Å². The second-order valence-corrected chi connectivity index (χ2v) is 5.05. The van der Waals surface area contributed by atoms with Gasteiger partial charge in [-0.15, -0.1) is 0 Å². The molecule has 0 bridgehead atoms. The Labute approximate surface area is 99.8 Å². The maximum absolute atomic E-state index is 11.9. The summed E-state index contributed by atoms with van der Waals surface area (Å²) in [5.74, 6) is 0.653. The second kappa shape index (κ2) is 4.74. The first-order chi connectivity index (χ1) is 8.12. The summed E-state index contributed by atoms with van der Waals surface area (Å²) in [5, 5.41) is 0.959. The van der Waals surface area contributed by atoms with Crippen LogP contribution in [-0.2, 0) is 14.9 Å². The summed E-state index contributed by atoms with van der Waals surface area (Å²) in [5.41, 5.74) is 2.64. The Hall–Kier alpha value is -1.57. The Morgan fingerprint density at radius 1 is 1.35 bits per heavy atom. The number of sulfonamides is 1. The van der Waals surface area contributed by atoms with Crippen molar-refractivity contribution in [2.45, 2.75) is 18.2 Å². The van der Waals surface area contributed by atoms with Crippen molar-refractivity contribution in [3.05, 3.63) is 42.3 Å². The molecule has 0 spiro atoms. The Morgan fingerprint density at radius 2 is 2.06 bits per heavy atom. The summed E-state index contributed by atoms with van der Waals surface area (Å²) >= 11 is 0. The number of allylic oxidation sites excluding steroid dienone is 1. The Morgan fingerprint density at radius 3 is 2.65 bits per heavy atom. The van der Waals surface area contributed by atoms with Crippen molar-refractivity contribution in [2.24, 2.45) is 0 Å². The lowest BCUT2D eigenvalue weighted by Crippen LogP contribution is -2.45. The fraction of sp³-hybridized carbons (Fsp3) is 0.200. The van der Waals surface area contributed by atoms with Gasteiger partial charge in [0.15, 0.2) is 0 Å². The fourth-order valence-corrected chi connectivity index (χ4v) is 2.20. The quantitative estimate of drug-likeness (QED) is 0.836. The van der Waals surface area contributed by atoms with E-state index in [1.165, 1.54) is 12.1 Å². The SMILES string of the molecule is CCC1=CNN(NS(=O)(=O)c2ccccc2)O1. The fourth-order valence-electron chi connectivity index (χ4n) is 1.27. The first kappa shape index (κ1) is 11.9. The van der Waals surface area contributed by atoms with Gasteiger partial charge < -0.3 is 4.84 Å². The minimum absolute atomic E-state index is 0.176. The van der Waals surface area contributed by atoms with E-state index in [1.54, 1.807) is 24.4 Å². The van der Waals surface area contributed by atoms with E-state index in [4.69, 9.17) is 4.84 Å². The predicted molar refractivity (Wildman–Crippen MR) is 61.2 cm³/mol. The van der Waals surface area contributed by atoms with Crippen molar-refractivity contribution in [3.8, 4) is 0 Å². The zero-order valence-corrected chi connectivity index (χ0v) is 10.1. The molecule has 1 aromatic carbocycles. The van der Waals surface area contributed by atoms with E-state index in [0.29, 0.717) is 12.2 Å². The molecule has 1 aromatic rings. The topological polar surface area (TPSA) is 70.7 Å². The molecule has 0 aromatic heterocycles. The maximum Gasteiger partial charge on any atom is 0.257 e. The van der Waals surface area contributed by atoms with Gasteiger partial charge in [-0.05, 0) is 12.1 Å². The van der Waals surface area contributed by atoms with Crippen molar-refractivity contribution in [1.29, 1.82) is 0 Å². The number of benzene rings is 1. The molecule has 2 N–H and O–H groups in total. The average Bonchev–Trinajstić information content (AvgIpc) is 2.77. The number of nitrogens with one attached hydrogen (secondary N) is 2. The molecule has 0 aliphatic carbocycles. The van der Waals surface area contributed by atoms with Crippen LogP contribution in [0.4, 0.5) is 0 Å². The molecule has 0 radical (unpaired) electrons. The lowest BCUT2D eigenvalue weighted by atomic mass is 10.4. The predicted octanol–water partition coefficient (Wildman–Crippen LogP) is 0.883. The van der Waals surface area contributed by atoms with Crippen LogP contribution in [0, 0.1) is 0 Å². The van der Waals surface area contributed by atoms with E-state index >= 15 is 0 Å². The third-order valence-electron chi connectivity index (χ3n) is 2.16. The number of hydrogen-bond donors (Lipinski definition) is 2. The number of nitrogens with zero attached hydrogens (tertiary/aromatic N) is 1. The molecule has 0 atom stereocenters. The molecule has 1 aliphatic rings. The van der Waals surface area contributed by atoms with Gasteiger partial charge in [0.05, 0.1) is 11.1 Å². The molecule has 17 heavy (non-hydrogen) atoms. The number of hydrazine groups is 2. The Bertz CT molecular complexity index is 513. The van der Waals surface area contributed by atoms with Gasteiger partial charge in [0.2, 0.25) is 0 Å². The number of hydrogen-bond acceptors (Lipinski definition) is 5. The highest BCUT2D eigenvalue weighted by Crippen LogP contribution is 2.12. The van der Waals surface area contributed by atoms with Crippen LogP contribution in [0.3, 0.4) is 0 Å². The number of rotatable bonds is 4. The van der Waals surface area contributed by atoms with Gasteiger partial charge in [0.1, 0.15) is 5.76 Å². The summed E-state index contributed by atoms with van der Waals surface area (Å²) in [6.45, 7) is 1.91. The highest BCUT2D eigenvalue weighted by molar-refractivity contribution is 7.89. The van der Waals surface area contributed by atoms with E-state index in [1.807, 2.05) is 6.92 Å². The largest absolute Gasteiger partial charge is 0.373 e. The van der Waals surface area contributed by atoms with Crippen molar-refractivity contribution in [1.82, 2.24) is 15.5 Å². The molecule has 0 saturated carbocycles. The maximum atomic E-state index is 11.9. The monoisotopic (exact) mass is 255 g/mol. The van der Waals surface area contributed by atoms with Gasteiger partial charge in [-0.2, -0.15) is 0 Å². The zero-order chi connectivity index (χ0) is 12.3. The third kappa shape index (κ3) is 2.76. The van der Waals surface area contributed by atoms with Crippen molar-refractivity contribution >= 4 is 10.0 Å². The molecular formula is C10H13N3O3S. The third-order valence-corrected chi connectivity index (χ3v) is 3.46. The first-order valence-electron chi connectivity index (χ1n) is 5.12. The zero-order valence-electron chi connectivity index (χ0n) is 9.25. The van der Waals surface area contributed by atoms with Crippen molar-refractivity contribution in [2.75, 3.05) is 0 Å². The van der Waals surface area contributed by atoms with Gasteiger partial charge >= 0.3 is 0 Å². The molecule has 0 fully saturated rings. The summed E-state index contributed by atoms with van der Waals surface area (Å²) in [7, 11) is -3.62. The van der Waals surface area contributed by atoms with E-state index in [0.717, 1.165) is 5.28 Å². The van der Waals surface area contributed by atoms with Gasteiger partial charge in [-0.25, -0.2) is 8.42 Å². The molecule has 1 heterocycles. The molecule has 0 amide bonds. The van der Waals surface area contributed by atoms with Crippen LogP contribution in [-0.4, -0.2) is 13.7 Å². The molecule has 0 saturated heterocycles. The Balaban J connectivity index is 2.05. The molecule has 0 unspecified atom stereocenters. The van der Waals surface area contributed by atoms with E-state index in [9.17, 15) is 8.42 Å². The summed E-state index contributed by atoms with van der Waals surface area (Å²) in [6, 6.07) is 8.07. The minimum Gasteiger partial charge on any atom is -0.373 e. The van der Waals surface area contributed by atoms with E-state index in [2.05, 4.69) is 10.3 Å². The van der Waals surface area contributed by atoms with Gasteiger partial charge in [0.25, 0.3) is 10.0 Å². The summed E-state index contributed by atoms with van der Waals surface area (Å²) < 4.78 is 23.8. The van der Waals surface area contributed by atoms with Crippen LogP contribution in [0.2, 0.25) is 0 Å². The van der Waals surface area contributed by atoms with Gasteiger partial charge in [-0.3, -0.25) is 5.43 Å². The normalized spacial score (nSPS) is 16.2. The first-order valence-corrected chi connectivity index (χ1v) is 6.61. The molecule has 92 valence electrons.